The Morgan fingerprint density at radius 2 is 1.81 bits per heavy atom. The second-order valence-corrected chi connectivity index (χ2v) is 8.88. The molecule has 1 aliphatic heterocycles. The number of hydrogen-bond acceptors (Lipinski definition) is 5. The van der Waals surface area contributed by atoms with Crippen molar-refractivity contribution in [2.45, 2.75) is 13.5 Å². The molecule has 3 aromatic rings. The summed E-state index contributed by atoms with van der Waals surface area (Å²) in [6.07, 6.45) is 2.28. The minimum absolute atomic E-state index is 0. The maximum atomic E-state index is 15.1. The van der Waals surface area contributed by atoms with Crippen LogP contribution < -0.4 is 10.6 Å². The number of hydrogen-bond donors (Lipinski definition) is 1. The molecule has 0 unspecified atom stereocenters. The smallest absolute Gasteiger partial charge is 0.711 e. The topological polar surface area (TPSA) is 78.4 Å². The number of rotatable bonds is 6. The summed E-state index contributed by atoms with van der Waals surface area (Å²) in [5, 5.41) is 0. The fraction of sp³-hybridized carbons (Fsp3) is 0.296. The molecule has 3 N–H and O–H groups in total. The van der Waals surface area contributed by atoms with Crippen LogP contribution in [0.25, 0.3) is 33.8 Å². The van der Waals surface area contributed by atoms with Gasteiger partial charge >= 0.3 is 21.1 Å². The third-order valence-corrected chi connectivity index (χ3v) is 6.09. The Kier molecular flexibility index (Phi) is 9.40. The average Bonchev–Trinajstić information content (AvgIpc) is 2.85. The van der Waals surface area contributed by atoms with Gasteiger partial charge in [0.05, 0.1) is 19.0 Å². The third kappa shape index (κ3) is 6.17. The number of aromatic nitrogens is 1. The number of pyridine rings is 1. The van der Waals surface area contributed by atoms with Crippen LogP contribution in [0.1, 0.15) is 18.1 Å². The van der Waals surface area contributed by atoms with Gasteiger partial charge in [0.25, 0.3) is 0 Å². The molecule has 1 saturated heterocycles. The van der Waals surface area contributed by atoms with Crippen molar-refractivity contribution >= 4 is 23.0 Å². The van der Waals surface area contributed by atoms with E-state index < -0.39 is 23.3 Å². The Morgan fingerprint density at radius 1 is 1.11 bits per heavy atom. The van der Waals surface area contributed by atoms with Crippen LogP contribution in [-0.4, -0.2) is 50.3 Å². The number of morpholine rings is 1. The monoisotopic (exact) mass is 679 g/mol. The van der Waals surface area contributed by atoms with Crippen LogP contribution in [0.15, 0.2) is 36.4 Å². The first-order chi connectivity index (χ1) is 17.2. The Balaban J connectivity index is 0.00000380. The number of nitrogens with one attached hydrogen (secondary N) is 1. The van der Waals surface area contributed by atoms with Crippen molar-refractivity contribution in [3.63, 3.8) is 0 Å². The van der Waals surface area contributed by atoms with Crippen LogP contribution in [0.5, 0.6) is 0 Å². The third-order valence-electron chi connectivity index (χ3n) is 6.09. The summed E-state index contributed by atoms with van der Waals surface area (Å²) in [6, 6.07) is 9.54. The minimum Gasteiger partial charge on any atom is -0.711 e. The van der Waals surface area contributed by atoms with Gasteiger partial charge in [0, 0.05) is 36.4 Å². The number of allylic oxidation sites excluding steroid dienone is 1. The molecule has 4 rings (SSSR count). The molecule has 2 aromatic carbocycles. The summed E-state index contributed by atoms with van der Waals surface area (Å²) in [5.41, 5.74) is 16.2. The first-order valence-electron chi connectivity index (χ1n) is 11.5. The van der Waals surface area contributed by atoms with Gasteiger partial charge in [0.2, 0.25) is 5.95 Å². The molecule has 0 saturated carbocycles. The molecule has 0 spiro atoms. The van der Waals surface area contributed by atoms with Gasteiger partial charge in [-0.2, -0.15) is 15.6 Å². The molecule has 0 radical (unpaired) electrons. The predicted octanol–water partition coefficient (Wildman–Crippen LogP) is 5.99. The summed E-state index contributed by atoms with van der Waals surface area (Å²) >= 11 is 0. The van der Waals surface area contributed by atoms with E-state index in [1.165, 1.54) is 19.1 Å². The second-order valence-electron chi connectivity index (χ2n) is 8.88. The van der Waals surface area contributed by atoms with Crippen LogP contribution >= 0.6 is 0 Å². The van der Waals surface area contributed by atoms with Crippen LogP contribution in [0.2, 0.25) is 0 Å². The quantitative estimate of drug-likeness (QED) is 0.256. The molecule has 0 atom stereocenters. The standard InChI is InChI=1S/C27H28F3N5O.W/c1-4-22(28)21-12-17(13-23(29)25(21)31)20-14-19(26(30)33-27(20)32)16-5-6-24(18(11-16)15-34(2)3)35-7-9-36-10-8-35;/h5-6,11-14,31H,7-10,15H2,1-3H3,(H2,32,33);/q-2;+2. The molecular formula is C27H28F3N5OW. The maximum Gasteiger partial charge on any atom is 2.00 e. The number of anilines is 2. The normalized spacial score (nSPS) is 14.1. The van der Waals surface area contributed by atoms with E-state index in [9.17, 15) is 8.78 Å². The van der Waals surface area contributed by atoms with E-state index in [-0.39, 0.29) is 49.1 Å². The molecule has 1 aliphatic rings. The first-order valence-corrected chi connectivity index (χ1v) is 11.5. The van der Waals surface area contributed by atoms with Crippen molar-refractivity contribution in [1.29, 1.82) is 0 Å². The Labute approximate surface area is 229 Å². The van der Waals surface area contributed by atoms with Gasteiger partial charge in [-0.15, -0.1) is 13.0 Å². The molecule has 0 aliphatic carbocycles. The van der Waals surface area contributed by atoms with E-state index in [2.05, 4.69) is 16.0 Å². The molecule has 0 amide bonds. The molecule has 2 heterocycles. The number of halogens is 3. The van der Waals surface area contributed by atoms with Crippen molar-refractivity contribution < 1.29 is 39.0 Å². The van der Waals surface area contributed by atoms with Crippen molar-refractivity contribution in [2.75, 3.05) is 51.0 Å². The van der Waals surface area contributed by atoms with Crippen molar-refractivity contribution in [3.05, 3.63) is 71.1 Å². The number of nitrogens with two attached hydrogens (primary N) is 1. The van der Waals surface area contributed by atoms with E-state index in [4.69, 9.17) is 16.2 Å². The van der Waals surface area contributed by atoms with E-state index in [0.29, 0.717) is 25.3 Å². The average molecular weight is 679 g/mol. The summed E-state index contributed by atoms with van der Waals surface area (Å²) < 4.78 is 49.3. The van der Waals surface area contributed by atoms with Gasteiger partial charge in [0.15, 0.2) is 0 Å². The summed E-state index contributed by atoms with van der Waals surface area (Å²) in [4.78, 5) is 8.14. The first kappa shape index (κ1) is 28.7. The Morgan fingerprint density at radius 3 is 2.46 bits per heavy atom. The van der Waals surface area contributed by atoms with Gasteiger partial charge in [-0.25, -0.2) is 19.8 Å². The molecule has 1 aromatic heterocycles. The second kappa shape index (κ2) is 12.1. The fourth-order valence-electron chi connectivity index (χ4n) is 4.34. The largest absolute Gasteiger partial charge is 2.00 e. The molecule has 1 fully saturated rings. The van der Waals surface area contributed by atoms with E-state index >= 15 is 4.39 Å². The Hall–Kier alpha value is -2.87. The van der Waals surface area contributed by atoms with Gasteiger partial charge < -0.3 is 26.0 Å². The molecule has 6 nitrogen and oxygen atoms in total. The zero-order chi connectivity index (χ0) is 26.0. The Bertz CT molecular complexity index is 1310. The minimum atomic E-state index is -0.929. The zero-order valence-corrected chi connectivity index (χ0v) is 23.8. The maximum absolute atomic E-state index is 15.1. The van der Waals surface area contributed by atoms with Crippen molar-refractivity contribution in [1.82, 2.24) is 9.88 Å². The summed E-state index contributed by atoms with van der Waals surface area (Å²) in [7, 11) is 3.92. The number of benzene rings is 2. The van der Waals surface area contributed by atoms with Crippen LogP contribution in [-0.2, 0) is 32.3 Å². The van der Waals surface area contributed by atoms with Crippen molar-refractivity contribution in [3.8, 4) is 22.3 Å². The van der Waals surface area contributed by atoms with Crippen LogP contribution in [0.4, 0.5) is 30.4 Å². The summed E-state index contributed by atoms with van der Waals surface area (Å²) in [5.74, 6) is -2.72. The molecular weight excluding hydrogens is 651 g/mol. The van der Waals surface area contributed by atoms with Crippen molar-refractivity contribution in [2.24, 2.45) is 0 Å². The van der Waals surface area contributed by atoms with E-state index in [1.807, 2.05) is 37.2 Å². The number of ether oxygens (including phenoxy) is 1. The van der Waals surface area contributed by atoms with Crippen LogP contribution in [0, 0.1) is 17.8 Å². The fourth-order valence-corrected chi connectivity index (χ4v) is 4.34. The molecule has 0 bridgehead atoms. The number of nitrogen functional groups attached to an aromatic ring is 1. The van der Waals surface area contributed by atoms with Gasteiger partial charge in [0.1, 0.15) is 5.82 Å². The SMILES string of the molecule is C[C-]=C(F)c1cc(-c2cc(-c3ccc(N4CCOCC4)c(CN(C)C)c3)c(F)nc2N)cc(F)c1[NH-].[W+2]. The predicted molar refractivity (Wildman–Crippen MR) is 137 cm³/mol. The molecule has 10 heteroatoms. The van der Waals surface area contributed by atoms with E-state index in [1.54, 1.807) is 0 Å². The van der Waals surface area contributed by atoms with Crippen LogP contribution in [0.3, 0.4) is 0 Å². The summed E-state index contributed by atoms with van der Waals surface area (Å²) in [6.45, 7) is 4.78. The number of nitrogens with zero attached hydrogens (tertiary/aromatic N) is 3. The van der Waals surface area contributed by atoms with Gasteiger partial charge in [-0.3, -0.25) is 0 Å². The molecule has 37 heavy (non-hydrogen) atoms. The van der Waals surface area contributed by atoms with Gasteiger partial charge in [-0.05, 0) is 60.9 Å². The van der Waals surface area contributed by atoms with E-state index in [0.717, 1.165) is 30.4 Å². The zero-order valence-electron chi connectivity index (χ0n) is 20.9. The van der Waals surface area contributed by atoms with Gasteiger partial charge in [-0.1, -0.05) is 6.07 Å². The molecule has 194 valence electrons.